The van der Waals surface area contributed by atoms with Crippen molar-refractivity contribution in [2.75, 3.05) is 14.2 Å². The summed E-state index contributed by atoms with van der Waals surface area (Å²) in [6.07, 6.45) is 4.65. The van der Waals surface area contributed by atoms with Gasteiger partial charge in [-0.2, -0.15) is 0 Å². The van der Waals surface area contributed by atoms with Gasteiger partial charge in [0.15, 0.2) is 0 Å². The van der Waals surface area contributed by atoms with Crippen molar-refractivity contribution < 1.29 is 29.6 Å². The largest absolute Gasteiger partial charge is 0.536 e. The Kier molecular flexibility index (Phi) is 4.11. The van der Waals surface area contributed by atoms with Gasteiger partial charge < -0.3 is 14.5 Å². The average molecular weight is 539 g/mol. The van der Waals surface area contributed by atoms with Crippen molar-refractivity contribution in [3.05, 3.63) is 41.6 Å². The smallest absolute Gasteiger partial charge is 0.0776 e. The van der Waals surface area contributed by atoms with E-state index in [1.807, 2.05) is 6.07 Å². The fraction of sp³-hybridized carbons (Fsp3) is 0.435. The molecule has 1 heterocycles. The molecule has 2 aliphatic carbocycles. The topological polar surface area (TPSA) is 31.4 Å². The molecule has 27 heavy (non-hydrogen) atoms. The van der Waals surface area contributed by atoms with Crippen LogP contribution in [0.3, 0.4) is 0 Å². The van der Waals surface area contributed by atoms with Crippen LogP contribution in [0, 0.1) is 11.5 Å². The molecule has 5 rings (SSSR count). The maximum atomic E-state index is 5.48. The summed E-state index contributed by atoms with van der Waals surface area (Å²) in [6, 6.07) is 9.82. The first kappa shape index (κ1) is 18.7. The van der Waals surface area contributed by atoms with Crippen LogP contribution < -0.4 is 9.47 Å². The van der Waals surface area contributed by atoms with E-state index in [4.69, 9.17) is 14.5 Å². The van der Waals surface area contributed by atoms with Gasteiger partial charge in [0.25, 0.3) is 0 Å². The Hall–Kier alpha value is -1.64. The second-order valence-corrected chi connectivity index (χ2v) is 8.53. The number of hydrogen-bond donors (Lipinski definition) is 0. The van der Waals surface area contributed by atoms with Gasteiger partial charge in [-0.3, -0.25) is 0 Å². The quantitative estimate of drug-likeness (QED) is 0.325. The standard InChI is InChI=1S/C23H24NO2.Ir/c1-22(2)17-8-9-23(22,3)20-14-7-6-13-10-18(25-4)19(26-5)11-15(13)21(14)24-12-16(17)20;/h6-7,10,12,17H,8-9H2,1-5H3;/q-1;/t17-,23+;/m0./s1. The van der Waals surface area contributed by atoms with E-state index in [1.54, 1.807) is 14.2 Å². The van der Waals surface area contributed by atoms with E-state index in [0.717, 1.165) is 16.3 Å². The summed E-state index contributed by atoms with van der Waals surface area (Å²) in [6.45, 7) is 7.30. The minimum Gasteiger partial charge on any atom is -0.536 e. The Balaban J connectivity index is 0.00000180. The predicted octanol–water partition coefficient (Wildman–Crippen LogP) is 5.38. The van der Waals surface area contributed by atoms with Gasteiger partial charge in [-0.15, -0.1) is 10.8 Å². The average Bonchev–Trinajstić information content (AvgIpc) is 2.98. The van der Waals surface area contributed by atoms with Crippen LogP contribution in [-0.2, 0) is 25.5 Å². The zero-order chi connectivity index (χ0) is 18.3. The van der Waals surface area contributed by atoms with Crippen molar-refractivity contribution in [1.82, 2.24) is 4.98 Å². The molecule has 0 amide bonds. The Morgan fingerprint density at radius 1 is 1.15 bits per heavy atom. The van der Waals surface area contributed by atoms with Crippen molar-refractivity contribution >= 4 is 21.7 Å². The molecule has 2 aliphatic rings. The summed E-state index contributed by atoms with van der Waals surface area (Å²) < 4.78 is 10.9. The van der Waals surface area contributed by atoms with Crippen molar-refractivity contribution in [3.63, 3.8) is 0 Å². The summed E-state index contributed by atoms with van der Waals surface area (Å²) in [5, 5.41) is 3.36. The molecule has 3 aromatic rings. The zero-order valence-corrected chi connectivity index (χ0v) is 18.8. The number of rotatable bonds is 2. The number of aromatic nitrogens is 1. The van der Waals surface area contributed by atoms with Gasteiger partial charge in [0, 0.05) is 26.3 Å². The zero-order valence-electron chi connectivity index (χ0n) is 16.4. The second-order valence-electron chi connectivity index (χ2n) is 8.53. The predicted molar refractivity (Wildman–Crippen MR) is 104 cm³/mol. The molecule has 2 atom stereocenters. The molecule has 143 valence electrons. The number of ether oxygens (including phenoxy) is 2. The molecular weight excluding hydrogens is 514 g/mol. The van der Waals surface area contributed by atoms with Gasteiger partial charge in [0.2, 0.25) is 0 Å². The van der Waals surface area contributed by atoms with Crippen molar-refractivity contribution in [2.24, 2.45) is 5.41 Å². The van der Waals surface area contributed by atoms with Crippen LogP contribution in [0.2, 0.25) is 0 Å². The molecule has 1 radical (unpaired) electrons. The number of pyridine rings is 1. The molecular formula is C23H24IrNO2-. The molecule has 3 nitrogen and oxygen atoms in total. The monoisotopic (exact) mass is 539 g/mol. The first-order valence-electron chi connectivity index (χ1n) is 9.32. The molecule has 1 aromatic heterocycles. The fourth-order valence-electron chi connectivity index (χ4n) is 5.61. The van der Waals surface area contributed by atoms with E-state index in [1.165, 1.54) is 29.4 Å². The van der Waals surface area contributed by atoms with Gasteiger partial charge in [0.05, 0.1) is 25.7 Å². The van der Waals surface area contributed by atoms with Gasteiger partial charge in [0.1, 0.15) is 0 Å². The van der Waals surface area contributed by atoms with E-state index in [0.29, 0.717) is 17.4 Å². The number of methoxy groups -OCH3 is 2. The fourth-order valence-corrected chi connectivity index (χ4v) is 5.61. The maximum Gasteiger partial charge on any atom is 0.0776 e. The van der Waals surface area contributed by atoms with Crippen LogP contribution in [0.5, 0.6) is 11.5 Å². The molecule has 0 spiro atoms. The Labute approximate surface area is 173 Å². The third-order valence-corrected chi connectivity index (χ3v) is 7.43. The van der Waals surface area contributed by atoms with Crippen molar-refractivity contribution in [2.45, 2.75) is 44.9 Å². The van der Waals surface area contributed by atoms with Gasteiger partial charge in [-0.05, 0) is 51.6 Å². The minimum absolute atomic E-state index is 0. The van der Waals surface area contributed by atoms with E-state index in [-0.39, 0.29) is 30.9 Å². The third kappa shape index (κ3) is 2.14. The van der Waals surface area contributed by atoms with Crippen molar-refractivity contribution in [3.8, 4) is 11.5 Å². The van der Waals surface area contributed by atoms with E-state index in [2.05, 4.69) is 45.2 Å². The Bertz CT molecular complexity index is 1080. The molecule has 4 heteroatoms. The number of fused-ring (bicyclic) bond motifs is 9. The molecule has 0 N–H and O–H groups in total. The third-order valence-electron chi connectivity index (χ3n) is 7.43. The Morgan fingerprint density at radius 3 is 2.63 bits per heavy atom. The summed E-state index contributed by atoms with van der Waals surface area (Å²) >= 11 is 0. The molecule has 1 saturated carbocycles. The van der Waals surface area contributed by atoms with Crippen molar-refractivity contribution in [1.29, 1.82) is 0 Å². The van der Waals surface area contributed by atoms with E-state index in [9.17, 15) is 0 Å². The summed E-state index contributed by atoms with van der Waals surface area (Å²) in [5.41, 5.74) is 4.47. The molecule has 0 unspecified atom stereocenters. The Morgan fingerprint density at radius 2 is 1.93 bits per heavy atom. The molecule has 0 saturated heterocycles. The number of nitrogens with zero attached hydrogens (tertiary/aromatic N) is 1. The van der Waals surface area contributed by atoms with Gasteiger partial charge >= 0.3 is 0 Å². The normalized spacial score (nSPS) is 24.7. The molecule has 2 aromatic carbocycles. The van der Waals surface area contributed by atoms with Crippen LogP contribution in [0.25, 0.3) is 21.7 Å². The minimum atomic E-state index is 0. The summed E-state index contributed by atoms with van der Waals surface area (Å²) in [5.74, 6) is 1.94. The molecule has 2 bridgehead atoms. The van der Waals surface area contributed by atoms with Crippen LogP contribution in [0.1, 0.15) is 50.7 Å². The first-order chi connectivity index (χ1) is 12.4. The maximum absolute atomic E-state index is 5.48. The number of hydrogen-bond acceptors (Lipinski definition) is 3. The first-order valence-corrected chi connectivity index (χ1v) is 9.32. The van der Waals surface area contributed by atoms with Crippen LogP contribution in [-0.4, -0.2) is 19.2 Å². The second kappa shape index (κ2) is 5.93. The van der Waals surface area contributed by atoms with Crippen LogP contribution >= 0.6 is 0 Å². The summed E-state index contributed by atoms with van der Waals surface area (Å²) in [7, 11) is 3.31. The summed E-state index contributed by atoms with van der Waals surface area (Å²) in [4.78, 5) is 4.90. The molecule has 0 aliphatic heterocycles. The van der Waals surface area contributed by atoms with Crippen LogP contribution in [0.4, 0.5) is 0 Å². The van der Waals surface area contributed by atoms with E-state index >= 15 is 0 Å². The van der Waals surface area contributed by atoms with Gasteiger partial charge in [-0.25, -0.2) is 0 Å². The van der Waals surface area contributed by atoms with E-state index < -0.39 is 0 Å². The van der Waals surface area contributed by atoms with Gasteiger partial charge in [-0.1, -0.05) is 45.0 Å². The van der Waals surface area contributed by atoms with Crippen LogP contribution in [0.15, 0.2) is 24.4 Å². The number of benzene rings is 2. The molecule has 1 fully saturated rings. The SMILES string of the molecule is COc1[c-]c2c(ccc3c4c(cnc32)[C@@H]2CC[C@@]4(C)C2(C)C)cc1OC.[Ir].